The average molecular weight is 236 g/mol. The van der Waals surface area contributed by atoms with Crippen molar-refractivity contribution in [2.45, 2.75) is 32.4 Å². The number of aromatic carboxylic acids is 1. The fourth-order valence-electron chi connectivity index (χ4n) is 1.94. The molecule has 92 valence electrons. The lowest BCUT2D eigenvalue weighted by molar-refractivity contribution is -0.132. The fraction of sp³-hybridized carbons (Fsp3) is 0.500. The zero-order valence-corrected chi connectivity index (χ0v) is 9.80. The Labute approximate surface area is 99.6 Å². The van der Waals surface area contributed by atoms with Crippen LogP contribution in [0.2, 0.25) is 0 Å². The average Bonchev–Trinajstić information content (AvgIpc) is 2.98. The molecule has 1 aliphatic rings. The number of rotatable bonds is 5. The van der Waals surface area contributed by atoms with Crippen molar-refractivity contribution in [3.8, 4) is 0 Å². The molecule has 0 unspecified atom stereocenters. The van der Waals surface area contributed by atoms with Gasteiger partial charge in [0.15, 0.2) is 0 Å². The fourth-order valence-corrected chi connectivity index (χ4v) is 1.94. The molecule has 0 spiro atoms. The summed E-state index contributed by atoms with van der Waals surface area (Å²) in [6, 6.07) is 1.91. The van der Waals surface area contributed by atoms with Gasteiger partial charge in [0, 0.05) is 25.0 Å². The summed E-state index contributed by atoms with van der Waals surface area (Å²) in [6.45, 7) is 2.91. The predicted molar refractivity (Wildman–Crippen MR) is 61.8 cm³/mol. The third kappa shape index (κ3) is 2.67. The van der Waals surface area contributed by atoms with E-state index in [1.165, 1.54) is 12.3 Å². The van der Waals surface area contributed by atoms with Gasteiger partial charge in [0.05, 0.1) is 5.56 Å². The molecule has 5 heteroatoms. The van der Waals surface area contributed by atoms with Gasteiger partial charge < -0.3 is 14.6 Å². The summed E-state index contributed by atoms with van der Waals surface area (Å²) in [7, 11) is 0. The molecular weight excluding hydrogens is 220 g/mol. The second-order valence-electron chi connectivity index (χ2n) is 4.29. The van der Waals surface area contributed by atoms with E-state index in [4.69, 9.17) is 5.11 Å². The molecule has 1 aromatic heterocycles. The number of carbonyl (C=O) groups excluding carboxylic acids is 1. The maximum absolute atomic E-state index is 12.0. The van der Waals surface area contributed by atoms with E-state index < -0.39 is 5.97 Å². The minimum atomic E-state index is -0.967. The Morgan fingerprint density at radius 1 is 1.53 bits per heavy atom. The summed E-state index contributed by atoms with van der Waals surface area (Å²) in [4.78, 5) is 24.5. The summed E-state index contributed by atoms with van der Waals surface area (Å²) in [5, 5.41) is 8.78. The molecule has 1 aromatic rings. The number of hydrogen-bond acceptors (Lipinski definition) is 2. The van der Waals surface area contributed by atoms with Crippen molar-refractivity contribution < 1.29 is 14.7 Å². The first-order valence-electron chi connectivity index (χ1n) is 5.80. The third-order valence-electron chi connectivity index (χ3n) is 2.96. The molecule has 5 nitrogen and oxygen atoms in total. The number of aromatic nitrogens is 1. The Morgan fingerprint density at radius 3 is 2.71 bits per heavy atom. The van der Waals surface area contributed by atoms with E-state index in [0.29, 0.717) is 6.04 Å². The first-order chi connectivity index (χ1) is 8.11. The predicted octanol–water partition coefficient (Wildman–Crippen LogP) is 1.20. The Balaban J connectivity index is 1.99. The zero-order valence-electron chi connectivity index (χ0n) is 9.80. The second kappa shape index (κ2) is 4.61. The van der Waals surface area contributed by atoms with Crippen LogP contribution in [-0.2, 0) is 11.3 Å². The molecule has 0 aromatic carbocycles. The highest BCUT2D eigenvalue weighted by Crippen LogP contribution is 2.26. The van der Waals surface area contributed by atoms with Gasteiger partial charge in [-0.05, 0) is 25.8 Å². The van der Waals surface area contributed by atoms with Gasteiger partial charge in [0.2, 0.25) is 5.91 Å². The minimum Gasteiger partial charge on any atom is -0.478 e. The van der Waals surface area contributed by atoms with Crippen LogP contribution in [0.4, 0.5) is 0 Å². The second-order valence-corrected chi connectivity index (χ2v) is 4.29. The van der Waals surface area contributed by atoms with Gasteiger partial charge in [-0.3, -0.25) is 4.79 Å². The number of likely N-dealkylation sites (N-methyl/N-ethyl adjacent to an activating group) is 1. The van der Waals surface area contributed by atoms with E-state index in [9.17, 15) is 9.59 Å². The van der Waals surface area contributed by atoms with Crippen LogP contribution in [0.25, 0.3) is 0 Å². The van der Waals surface area contributed by atoms with Crippen molar-refractivity contribution in [3.05, 3.63) is 24.0 Å². The number of carboxylic acid groups (broad SMARTS) is 1. The van der Waals surface area contributed by atoms with E-state index in [1.54, 1.807) is 10.8 Å². The normalized spacial score (nSPS) is 14.6. The van der Waals surface area contributed by atoms with Gasteiger partial charge >= 0.3 is 5.97 Å². The molecule has 1 fully saturated rings. The van der Waals surface area contributed by atoms with Gasteiger partial charge in [-0.1, -0.05) is 0 Å². The Kier molecular flexibility index (Phi) is 3.17. The van der Waals surface area contributed by atoms with Crippen LogP contribution in [0.15, 0.2) is 18.5 Å². The molecule has 1 amide bonds. The highest BCUT2D eigenvalue weighted by Gasteiger charge is 2.31. The van der Waals surface area contributed by atoms with Crippen molar-refractivity contribution in [2.24, 2.45) is 0 Å². The van der Waals surface area contributed by atoms with Crippen LogP contribution in [-0.4, -0.2) is 39.0 Å². The molecule has 0 radical (unpaired) electrons. The number of hydrogen-bond donors (Lipinski definition) is 1. The largest absolute Gasteiger partial charge is 0.478 e. The van der Waals surface area contributed by atoms with Crippen LogP contribution in [0, 0.1) is 0 Å². The van der Waals surface area contributed by atoms with E-state index in [1.807, 2.05) is 11.8 Å². The number of amides is 1. The first-order valence-corrected chi connectivity index (χ1v) is 5.80. The molecule has 1 heterocycles. The third-order valence-corrected chi connectivity index (χ3v) is 2.96. The van der Waals surface area contributed by atoms with E-state index >= 15 is 0 Å². The van der Waals surface area contributed by atoms with E-state index in [0.717, 1.165) is 19.4 Å². The summed E-state index contributed by atoms with van der Waals surface area (Å²) in [6.07, 6.45) is 5.29. The van der Waals surface area contributed by atoms with Crippen molar-refractivity contribution in [3.63, 3.8) is 0 Å². The van der Waals surface area contributed by atoms with Gasteiger partial charge in [-0.25, -0.2) is 4.79 Å². The first kappa shape index (κ1) is 11.7. The number of carboxylic acids is 1. The Hall–Kier alpha value is -1.78. The Morgan fingerprint density at radius 2 is 2.24 bits per heavy atom. The van der Waals surface area contributed by atoms with Crippen molar-refractivity contribution in [2.75, 3.05) is 6.54 Å². The van der Waals surface area contributed by atoms with Gasteiger partial charge in [-0.15, -0.1) is 0 Å². The summed E-state index contributed by atoms with van der Waals surface area (Å²) in [5.41, 5.74) is 0.215. The number of nitrogens with zero attached hydrogens (tertiary/aromatic N) is 2. The maximum Gasteiger partial charge on any atom is 0.337 e. The maximum atomic E-state index is 12.0. The van der Waals surface area contributed by atoms with Crippen molar-refractivity contribution in [1.82, 2.24) is 9.47 Å². The molecule has 0 atom stereocenters. The van der Waals surface area contributed by atoms with Gasteiger partial charge in [0.25, 0.3) is 0 Å². The smallest absolute Gasteiger partial charge is 0.337 e. The van der Waals surface area contributed by atoms with Gasteiger partial charge in [-0.2, -0.15) is 0 Å². The molecule has 1 aliphatic carbocycles. The molecule has 17 heavy (non-hydrogen) atoms. The Bertz CT molecular complexity index is 435. The van der Waals surface area contributed by atoms with E-state index in [-0.39, 0.29) is 18.0 Å². The number of carbonyl (C=O) groups is 2. The summed E-state index contributed by atoms with van der Waals surface area (Å²) < 4.78 is 1.62. The molecule has 0 aliphatic heterocycles. The van der Waals surface area contributed by atoms with Crippen LogP contribution in [0.3, 0.4) is 0 Å². The van der Waals surface area contributed by atoms with Crippen LogP contribution in [0.5, 0.6) is 0 Å². The lowest BCUT2D eigenvalue weighted by atomic mass is 10.3. The molecular formula is C12H16N2O3. The van der Waals surface area contributed by atoms with Crippen molar-refractivity contribution >= 4 is 11.9 Å². The lowest BCUT2D eigenvalue weighted by Crippen LogP contribution is -2.35. The standard InChI is InChI=1S/C12H16N2O3/c1-2-14(10-3-4-10)11(15)8-13-6-5-9(7-13)12(16)17/h5-7,10H,2-4,8H2,1H3,(H,16,17). The molecule has 2 rings (SSSR count). The molecule has 1 saturated carbocycles. The topological polar surface area (TPSA) is 62.5 Å². The highest BCUT2D eigenvalue weighted by atomic mass is 16.4. The van der Waals surface area contributed by atoms with E-state index in [2.05, 4.69) is 0 Å². The van der Waals surface area contributed by atoms with Crippen molar-refractivity contribution in [1.29, 1.82) is 0 Å². The highest BCUT2D eigenvalue weighted by molar-refractivity contribution is 5.87. The minimum absolute atomic E-state index is 0.0579. The summed E-state index contributed by atoms with van der Waals surface area (Å²) in [5.74, 6) is -0.909. The van der Waals surface area contributed by atoms with Crippen LogP contribution in [0.1, 0.15) is 30.1 Å². The quantitative estimate of drug-likeness (QED) is 0.835. The lowest BCUT2D eigenvalue weighted by Gasteiger charge is -2.20. The molecule has 0 saturated heterocycles. The summed E-state index contributed by atoms with van der Waals surface area (Å²) >= 11 is 0. The monoisotopic (exact) mass is 236 g/mol. The zero-order chi connectivity index (χ0) is 12.4. The SMILES string of the molecule is CCN(C(=O)Cn1ccc(C(=O)O)c1)C1CC1. The van der Waals surface area contributed by atoms with Crippen LogP contribution >= 0.6 is 0 Å². The van der Waals surface area contributed by atoms with Gasteiger partial charge in [0.1, 0.15) is 6.54 Å². The van der Waals surface area contributed by atoms with Crippen LogP contribution < -0.4 is 0 Å². The molecule has 1 N–H and O–H groups in total. The molecule has 0 bridgehead atoms.